The molecule has 0 saturated carbocycles. The average Bonchev–Trinajstić information content (AvgIpc) is 2.50. The summed E-state index contributed by atoms with van der Waals surface area (Å²) in [6.45, 7) is 2.66. The van der Waals surface area contributed by atoms with Gasteiger partial charge in [0, 0.05) is 19.7 Å². The number of nitrogens with two attached hydrogens (primary N) is 1. The molecule has 0 unspecified atom stereocenters. The first-order valence-corrected chi connectivity index (χ1v) is 5.17. The van der Waals surface area contributed by atoms with E-state index in [2.05, 4.69) is 5.10 Å². The summed E-state index contributed by atoms with van der Waals surface area (Å²) in [6, 6.07) is 1.56. The normalized spacial score (nSPS) is 22.2. The summed E-state index contributed by atoms with van der Waals surface area (Å²) in [4.78, 5) is 13.6. The maximum absolute atomic E-state index is 11.8. The van der Waals surface area contributed by atoms with Gasteiger partial charge in [-0.2, -0.15) is 5.10 Å². The number of anilines is 1. The van der Waals surface area contributed by atoms with E-state index in [-0.39, 0.29) is 11.9 Å². The Morgan fingerprint density at radius 3 is 2.93 bits per heavy atom. The predicted octanol–water partition coefficient (Wildman–Crippen LogP) is 0.183. The number of aromatic nitrogens is 2. The van der Waals surface area contributed by atoms with Crippen molar-refractivity contribution in [2.24, 2.45) is 12.8 Å². The van der Waals surface area contributed by atoms with E-state index in [4.69, 9.17) is 5.73 Å². The van der Waals surface area contributed by atoms with Gasteiger partial charge in [-0.25, -0.2) is 0 Å². The third-order valence-electron chi connectivity index (χ3n) is 2.73. The lowest BCUT2D eigenvalue weighted by molar-refractivity contribution is -0.120. The standard InChI is InChI=1S/C10H16N4O/c1-7-6-9(13(2)12-7)14-5-3-4-8(11)10(14)15/h6,8H,3-5,11H2,1-2H3/t8-/m0/s1. The zero-order chi connectivity index (χ0) is 11.0. The van der Waals surface area contributed by atoms with E-state index in [9.17, 15) is 4.79 Å². The van der Waals surface area contributed by atoms with Crippen molar-refractivity contribution in [2.75, 3.05) is 11.4 Å². The van der Waals surface area contributed by atoms with Crippen molar-refractivity contribution in [3.63, 3.8) is 0 Å². The fraction of sp³-hybridized carbons (Fsp3) is 0.600. The molecule has 2 rings (SSSR count). The van der Waals surface area contributed by atoms with Crippen LogP contribution in [0.5, 0.6) is 0 Å². The van der Waals surface area contributed by atoms with E-state index >= 15 is 0 Å². The molecule has 15 heavy (non-hydrogen) atoms. The first-order valence-electron chi connectivity index (χ1n) is 5.17. The molecule has 82 valence electrons. The zero-order valence-corrected chi connectivity index (χ0v) is 9.10. The molecule has 5 nitrogen and oxygen atoms in total. The van der Waals surface area contributed by atoms with E-state index in [0.717, 1.165) is 30.9 Å². The molecule has 1 saturated heterocycles. The molecule has 1 aliphatic rings. The molecule has 1 amide bonds. The van der Waals surface area contributed by atoms with Crippen LogP contribution in [-0.4, -0.2) is 28.3 Å². The lowest BCUT2D eigenvalue weighted by Crippen LogP contribution is -2.49. The maximum Gasteiger partial charge on any atom is 0.245 e. The Labute approximate surface area is 88.8 Å². The molecule has 1 atom stereocenters. The van der Waals surface area contributed by atoms with Gasteiger partial charge in [0.2, 0.25) is 5.91 Å². The summed E-state index contributed by atoms with van der Waals surface area (Å²) in [5.74, 6) is 0.844. The fourth-order valence-electron chi connectivity index (χ4n) is 1.98. The number of nitrogens with zero attached hydrogens (tertiary/aromatic N) is 3. The maximum atomic E-state index is 11.8. The largest absolute Gasteiger partial charge is 0.320 e. The third kappa shape index (κ3) is 1.74. The summed E-state index contributed by atoms with van der Waals surface area (Å²) in [6.07, 6.45) is 1.74. The minimum absolute atomic E-state index is 0.00394. The van der Waals surface area contributed by atoms with E-state index in [1.54, 1.807) is 9.58 Å². The summed E-state index contributed by atoms with van der Waals surface area (Å²) in [5.41, 5.74) is 6.66. The van der Waals surface area contributed by atoms with Crippen LogP contribution in [0, 0.1) is 6.92 Å². The SMILES string of the molecule is Cc1cc(N2CCC[C@H](N)C2=O)n(C)n1. The van der Waals surface area contributed by atoms with Crippen LogP contribution in [0.25, 0.3) is 0 Å². The molecule has 0 aromatic carbocycles. The van der Waals surface area contributed by atoms with Crippen molar-refractivity contribution in [1.82, 2.24) is 9.78 Å². The van der Waals surface area contributed by atoms with Crippen molar-refractivity contribution in [1.29, 1.82) is 0 Å². The lowest BCUT2D eigenvalue weighted by atomic mass is 10.1. The summed E-state index contributed by atoms with van der Waals surface area (Å²) in [5, 5.41) is 4.23. The molecule has 1 aromatic heterocycles. The van der Waals surface area contributed by atoms with Crippen LogP contribution in [0.4, 0.5) is 5.82 Å². The molecule has 0 aliphatic carbocycles. The summed E-state index contributed by atoms with van der Waals surface area (Å²) < 4.78 is 1.73. The van der Waals surface area contributed by atoms with Gasteiger partial charge in [0.1, 0.15) is 5.82 Å². The van der Waals surface area contributed by atoms with E-state index in [1.165, 1.54) is 0 Å². The van der Waals surface area contributed by atoms with Gasteiger partial charge in [0.25, 0.3) is 0 Å². The number of amides is 1. The second kappa shape index (κ2) is 3.66. The number of rotatable bonds is 1. The molecular formula is C10H16N4O. The van der Waals surface area contributed by atoms with Crippen molar-refractivity contribution < 1.29 is 4.79 Å². The van der Waals surface area contributed by atoms with Gasteiger partial charge in [-0.3, -0.25) is 14.4 Å². The molecule has 2 heterocycles. The van der Waals surface area contributed by atoms with Crippen molar-refractivity contribution in [2.45, 2.75) is 25.8 Å². The Bertz CT molecular complexity index is 385. The highest BCUT2D eigenvalue weighted by atomic mass is 16.2. The van der Waals surface area contributed by atoms with Crippen LogP contribution < -0.4 is 10.6 Å². The van der Waals surface area contributed by atoms with Crippen LogP contribution in [0.2, 0.25) is 0 Å². The summed E-state index contributed by atoms with van der Waals surface area (Å²) in [7, 11) is 1.84. The van der Waals surface area contributed by atoms with Gasteiger partial charge >= 0.3 is 0 Å². The Hall–Kier alpha value is -1.36. The highest BCUT2D eigenvalue weighted by molar-refractivity contribution is 5.97. The number of hydrogen-bond donors (Lipinski definition) is 1. The number of hydrogen-bond acceptors (Lipinski definition) is 3. The highest BCUT2D eigenvalue weighted by Gasteiger charge is 2.28. The Morgan fingerprint density at radius 1 is 1.60 bits per heavy atom. The number of carbonyl (C=O) groups is 1. The predicted molar refractivity (Wildman–Crippen MR) is 57.5 cm³/mol. The monoisotopic (exact) mass is 208 g/mol. The van der Waals surface area contributed by atoms with Crippen LogP contribution in [-0.2, 0) is 11.8 Å². The molecule has 0 bridgehead atoms. The first kappa shape index (κ1) is 10.2. The van der Waals surface area contributed by atoms with E-state index < -0.39 is 0 Å². The molecule has 0 spiro atoms. The lowest BCUT2D eigenvalue weighted by Gasteiger charge is -2.29. The molecule has 2 N–H and O–H groups in total. The fourth-order valence-corrected chi connectivity index (χ4v) is 1.98. The second-order valence-electron chi connectivity index (χ2n) is 4.01. The molecule has 1 fully saturated rings. The number of aryl methyl sites for hydroxylation is 2. The molecular weight excluding hydrogens is 192 g/mol. The average molecular weight is 208 g/mol. The molecule has 0 radical (unpaired) electrons. The minimum Gasteiger partial charge on any atom is -0.320 e. The summed E-state index contributed by atoms with van der Waals surface area (Å²) >= 11 is 0. The van der Waals surface area contributed by atoms with Gasteiger partial charge < -0.3 is 5.73 Å². The topological polar surface area (TPSA) is 64.2 Å². The Kier molecular flexibility index (Phi) is 2.48. The van der Waals surface area contributed by atoms with Crippen LogP contribution in [0.1, 0.15) is 18.5 Å². The first-order chi connectivity index (χ1) is 7.09. The van der Waals surface area contributed by atoms with Gasteiger partial charge in [0.15, 0.2) is 0 Å². The van der Waals surface area contributed by atoms with Crippen molar-refractivity contribution in [3.05, 3.63) is 11.8 Å². The molecule has 1 aliphatic heterocycles. The number of piperidine rings is 1. The highest BCUT2D eigenvalue weighted by Crippen LogP contribution is 2.20. The Balaban J connectivity index is 2.30. The molecule has 1 aromatic rings. The van der Waals surface area contributed by atoms with Gasteiger partial charge in [0.05, 0.1) is 11.7 Å². The minimum atomic E-state index is -0.353. The second-order valence-corrected chi connectivity index (χ2v) is 4.01. The quantitative estimate of drug-likeness (QED) is 0.716. The smallest absolute Gasteiger partial charge is 0.245 e. The van der Waals surface area contributed by atoms with Gasteiger partial charge in [-0.1, -0.05) is 0 Å². The zero-order valence-electron chi connectivity index (χ0n) is 9.10. The van der Waals surface area contributed by atoms with E-state index in [1.807, 2.05) is 20.0 Å². The third-order valence-corrected chi connectivity index (χ3v) is 2.73. The van der Waals surface area contributed by atoms with Gasteiger partial charge in [-0.15, -0.1) is 0 Å². The van der Waals surface area contributed by atoms with Gasteiger partial charge in [-0.05, 0) is 19.8 Å². The van der Waals surface area contributed by atoms with Crippen LogP contribution in [0.15, 0.2) is 6.07 Å². The van der Waals surface area contributed by atoms with Crippen LogP contribution in [0.3, 0.4) is 0 Å². The van der Waals surface area contributed by atoms with Crippen molar-refractivity contribution in [3.8, 4) is 0 Å². The van der Waals surface area contributed by atoms with E-state index in [0.29, 0.717) is 0 Å². The van der Waals surface area contributed by atoms with Crippen LogP contribution >= 0.6 is 0 Å². The Morgan fingerprint density at radius 2 is 2.33 bits per heavy atom. The molecule has 5 heteroatoms. The number of carbonyl (C=O) groups excluding carboxylic acids is 1. The van der Waals surface area contributed by atoms with Crippen molar-refractivity contribution >= 4 is 11.7 Å².